The summed E-state index contributed by atoms with van der Waals surface area (Å²) >= 11 is 0. The van der Waals surface area contributed by atoms with Crippen LogP contribution in [0.4, 0.5) is 0 Å². The van der Waals surface area contributed by atoms with Gasteiger partial charge in [0.25, 0.3) is 0 Å². The summed E-state index contributed by atoms with van der Waals surface area (Å²) in [7, 11) is 0. The molecular formula is C17H29NO4. The zero-order valence-corrected chi connectivity index (χ0v) is 14.4. The highest BCUT2D eigenvalue weighted by Crippen LogP contribution is 2.30. The zero-order valence-electron chi connectivity index (χ0n) is 14.4. The maximum atomic E-state index is 11.3. The highest BCUT2D eigenvalue weighted by atomic mass is 16.4. The monoisotopic (exact) mass is 311 g/mol. The Hall–Kier alpha value is -1.78. The van der Waals surface area contributed by atoms with Crippen LogP contribution in [0.25, 0.3) is 0 Å². The summed E-state index contributed by atoms with van der Waals surface area (Å²) in [4.78, 5) is 23.2. The third kappa shape index (κ3) is 6.78. The molecule has 0 saturated carbocycles. The molecule has 126 valence electrons. The normalized spacial score (nSPS) is 16.1. The van der Waals surface area contributed by atoms with E-state index in [2.05, 4.69) is 11.5 Å². The van der Waals surface area contributed by atoms with Gasteiger partial charge in [-0.1, -0.05) is 27.4 Å². The third-order valence-electron chi connectivity index (χ3n) is 3.52. The molecule has 0 unspecified atom stereocenters. The number of hydrogen-bond donors (Lipinski definition) is 2. The number of carboxylic acid groups (broad SMARTS) is 2. The van der Waals surface area contributed by atoms with Gasteiger partial charge in [0.05, 0.1) is 5.57 Å². The van der Waals surface area contributed by atoms with Gasteiger partial charge >= 0.3 is 11.9 Å². The maximum absolute atomic E-state index is 11.3. The van der Waals surface area contributed by atoms with Gasteiger partial charge in [-0.15, -0.1) is 0 Å². The minimum atomic E-state index is -0.935. The highest BCUT2D eigenvalue weighted by Gasteiger charge is 2.28. The molecule has 0 aliphatic carbocycles. The minimum Gasteiger partial charge on any atom is -0.478 e. The fourth-order valence-corrected chi connectivity index (χ4v) is 2.41. The average molecular weight is 311 g/mol. The molecule has 1 rings (SSSR count). The first-order valence-electron chi connectivity index (χ1n) is 7.57. The molecule has 0 aromatic carbocycles. The second-order valence-corrected chi connectivity index (χ2v) is 6.65. The largest absolute Gasteiger partial charge is 0.478 e. The van der Waals surface area contributed by atoms with Gasteiger partial charge < -0.3 is 15.1 Å². The lowest BCUT2D eigenvalue weighted by Crippen LogP contribution is -2.32. The Morgan fingerprint density at radius 1 is 0.955 bits per heavy atom. The van der Waals surface area contributed by atoms with Crippen LogP contribution < -0.4 is 0 Å². The number of aliphatic carboxylic acids is 2. The third-order valence-corrected chi connectivity index (χ3v) is 3.52. The predicted octanol–water partition coefficient (Wildman–Crippen LogP) is 3.52. The van der Waals surface area contributed by atoms with Crippen molar-refractivity contribution in [3.8, 4) is 0 Å². The van der Waals surface area contributed by atoms with Crippen molar-refractivity contribution in [3.05, 3.63) is 23.4 Å². The summed E-state index contributed by atoms with van der Waals surface area (Å²) in [5.41, 5.74) is 1.37. The molecule has 2 N–H and O–H groups in total. The van der Waals surface area contributed by atoms with E-state index in [1.165, 1.54) is 26.2 Å². The van der Waals surface area contributed by atoms with Gasteiger partial charge in [0.2, 0.25) is 0 Å². The van der Waals surface area contributed by atoms with Crippen molar-refractivity contribution in [1.82, 2.24) is 4.90 Å². The van der Waals surface area contributed by atoms with Crippen molar-refractivity contribution < 1.29 is 19.8 Å². The first kappa shape index (κ1) is 20.2. The molecule has 5 nitrogen and oxygen atoms in total. The summed E-state index contributed by atoms with van der Waals surface area (Å²) in [6, 6.07) is 0. The lowest BCUT2D eigenvalue weighted by Gasteiger charge is -2.33. The van der Waals surface area contributed by atoms with E-state index in [4.69, 9.17) is 5.11 Å². The smallest absolute Gasteiger partial charge is 0.333 e. The molecule has 0 radical (unpaired) electrons. The molecule has 1 aliphatic heterocycles. The molecule has 0 bridgehead atoms. The Morgan fingerprint density at radius 3 is 1.64 bits per heavy atom. The molecular weight excluding hydrogens is 282 g/mol. The first-order chi connectivity index (χ1) is 9.98. The van der Waals surface area contributed by atoms with Gasteiger partial charge in [-0.05, 0) is 38.5 Å². The van der Waals surface area contributed by atoms with Gasteiger partial charge in [0, 0.05) is 24.4 Å². The van der Waals surface area contributed by atoms with Crippen molar-refractivity contribution >= 4 is 11.9 Å². The summed E-state index contributed by atoms with van der Waals surface area (Å²) < 4.78 is 0. The van der Waals surface area contributed by atoms with E-state index >= 15 is 0 Å². The maximum Gasteiger partial charge on any atom is 0.333 e. The van der Waals surface area contributed by atoms with Crippen LogP contribution in [0, 0.1) is 5.41 Å². The Kier molecular flexibility index (Phi) is 7.91. The van der Waals surface area contributed by atoms with Crippen LogP contribution in [0.2, 0.25) is 0 Å². The standard InChI is InChI=1S/C13H23NO2.C4H6O2/c1-10(14-8-6-5-7-9-14)11(12(15)16)13(2,3)4;1-3(2)4(5)6/h5-9H2,1-4H3,(H,15,16);1H2,2H3,(H,5,6). The minimum absolute atomic E-state index is 0.176. The molecule has 1 fully saturated rings. The van der Waals surface area contributed by atoms with E-state index in [0.717, 1.165) is 18.8 Å². The van der Waals surface area contributed by atoms with E-state index in [1.54, 1.807) is 0 Å². The Bertz CT molecular complexity index is 440. The molecule has 0 atom stereocenters. The number of nitrogens with zero attached hydrogens (tertiary/aromatic N) is 1. The van der Waals surface area contributed by atoms with Crippen molar-refractivity contribution in [2.24, 2.45) is 5.41 Å². The quantitative estimate of drug-likeness (QED) is 0.780. The average Bonchev–Trinajstić information content (AvgIpc) is 2.38. The first-order valence-corrected chi connectivity index (χ1v) is 7.57. The summed E-state index contributed by atoms with van der Waals surface area (Å²) in [5, 5.41) is 17.2. The second kappa shape index (κ2) is 8.61. The Labute approximate surface area is 133 Å². The molecule has 0 aromatic heterocycles. The summed E-state index contributed by atoms with van der Waals surface area (Å²) in [5.74, 6) is -1.72. The molecule has 5 heteroatoms. The molecule has 0 amide bonds. The number of carbonyl (C=O) groups is 2. The van der Waals surface area contributed by atoms with Gasteiger partial charge in [-0.2, -0.15) is 0 Å². The summed E-state index contributed by atoms with van der Waals surface area (Å²) in [6.45, 7) is 14.4. The van der Waals surface area contributed by atoms with Crippen LogP contribution in [0.1, 0.15) is 53.9 Å². The lowest BCUT2D eigenvalue weighted by atomic mass is 9.84. The fraction of sp³-hybridized carbons (Fsp3) is 0.647. The second-order valence-electron chi connectivity index (χ2n) is 6.65. The van der Waals surface area contributed by atoms with E-state index in [0.29, 0.717) is 5.57 Å². The zero-order chi connectivity index (χ0) is 17.5. The van der Waals surface area contributed by atoms with Crippen LogP contribution in [0.15, 0.2) is 23.4 Å². The van der Waals surface area contributed by atoms with Crippen molar-refractivity contribution in [3.63, 3.8) is 0 Å². The Morgan fingerprint density at radius 2 is 1.36 bits per heavy atom. The SMILES string of the molecule is C=C(C)C(=O)O.CC(=C(C(=O)O)C(C)(C)C)N1CCCCC1. The van der Waals surface area contributed by atoms with Crippen molar-refractivity contribution in [1.29, 1.82) is 0 Å². The van der Waals surface area contributed by atoms with Crippen LogP contribution in [0.5, 0.6) is 0 Å². The van der Waals surface area contributed by atoms with E-state index in [1.807, 2.05) is 27.7 Å². The molecule has 1 aliphatic rings. The van der Waals surface area contributed by atoms with Crippen LogP contribution in [-0.2, 0) is 9.59 Å². The van der Waals surface area contributed by atoms with E-state index in [-0.39, 0.29) is 11.0 Å². The van der Waals surface area contributed by atoms with Crippen LogP contribution >= 0.6 is 0 Å². The number of allylic oxidation sites excluding steroid dienone is 1. The van der Waals surface area contributed by atoms with Crippen LogP contribution in [-0.4, -0.2) is 40.1 Å². The van der Waals surface area contributed by atoms with Gasteiger partial charge in [-0.3, -0.25) is 0 Å². The molecule has 22 heavy (non-hydrogen) atoms. The van der Waals surface area contributed by atoms with Gasteiger partial charge in [0.15, 0.2) is 0 Å². The number of hydrogen-bond acceptors (Lipinski definition) is 3. The number of likely N-dealkylation sites (tertiary alicyclic amines) is 1. The Balaban J connectivity index is 0.000000626. The molecule has 0 spiro atoms. The fourth-order valence-electron chi connectivity index (χ4n) is 2.41. The van der Waals surface area contributed by atoms with Crippen molar-refractivity contribution in [2.75, 3.05) is 13.1 Å². The van der Waals surface area contributed by atoms with Gasteiger partial charge in [0.1, 0.15) is 0 Å². The number of rotatable bonds is 3. The lowest BCUT2D eigenvalue weighted by molar-refractivity contribution is -0.134. The molecule has 0 aromatic rings. The topological polar surface area (TPSA) is 77.8 Å². The van der Waals surface area contributed by atoms with E-state index < -0.39 is 11.9 Å². The summed E-state index contributed by atoms with van der Waals surface area (Å²) in [6.07, 6.45) is 3.62. The number of piperidine rings is 1. The molecule has 1 saturated heterocycles. The van der Waals surface area contributed by atoms with Crippen molar-refractivity contribution in [2.45, 2.75) is 53.9 Å². The predicted molar refractivity (Wildman–Crippen MR) is 87.7 cm³/mol. The van der Waals surface area contributed by atoms with Gasteiger partial charge in [-0.25, -0.2) is 9.59 Å². The van der Waals surface area contributed by atoms with Crippen LogP contribution in [0.3, 0.4) is 0 Å². The van der Waals surface area contributed by atoms with E-state index in [9.17, 15) is 14.7 Å². The molecule has 1 heterocycles. The highest BCUT2D eigenvalue weighted by molar-refractivity contribution is 5.88. The number of carboxylic acids is 2.